The molecule has 15 heavy (non-hydrogen) atoms. The van der Waals surface area contributed by atoms with Crippen LogP contribution in [-0.4, -0.2) is 30.1 Å². The van der Waals surface area contributed by atoms with Crippen molar-refractivity contribution in [3.05, 3.63) is 35.9 Å². The summed E-state index contributed by atoms with van der Waals surface area (Å²) in [5.74, 6) is 0. The van der Waals surface area contributed by atoms with E-state index in [0.29, 0.717) is 0 Å². The lowest BCUT2D eigenvalue weighted by Gasteiger charge is -2.18. The van der Waals surface area contributed by atoms with Gasteiger partial charge in [-0.2, -0.15) is 0 Å². The lowest BCUT2D eigenvalue weighted by molar-refractivity contribution is 0.149. The summed E-state index contributed by atoms with van der Waals surface area (Å²) in [6.07, 6.45) is 1.64. The number of rotatable bonds is 6. The van der Waals surface area contributed by atoms with Gasteiger partial charge in [0.1, 0.15) is 0 Å². The fourth-order valence-corrected chi connectivity index (χ4v) is 1.68. The highest BCUT2D eigenvalue weighted by atomic mass is 16.3. The zero-order valence-electron chi connectivity index (χ0n) is 9.69. The molecule has 0 fully saturated rings. The zero-order valence-corrected chi connectivity index (χ0v) is 9.69. The van der Waals surface area contributed by atoms with Crippen molar-refractivity contribution in [1.82, 2.24) is 4.90 Å². The predicted octanol–water partition coefficient (Wildman–Crippen LogP) is 2.45. The number of nitrogens with zero attached hydrogens (tertiary/aromatic N) is 1. The molecule has 2 nitrogen and oxygen atoms in total. The van der Waals surface area contributed by atoms with Crippen LogP contribution in [0.25, 0.3) is 0 Å². The van der Waals surface area contributed by atoms with Crippen LogP contribution in [-0.2, 0) is 0 Å². The van der Waals surface area contributed by atoms with E-state index >= 15 is 0 Å². The van der Waals surface area contributed by atoms with Crippen LogP contribution >= 0.6 is 0 Å². The second kappa shape index (κ2) is 6.59. The van der Waals surface area contributed by atoms with Gasteiger partial charge in [0.05, 0.1) is 6.10 Å². The first-order valence-electron chi connectivity index (χ1n) is 5.65. The second-order valence-corrected chi connectivity index (χ2v) is 4.02. The smallest absolute Gasteiger partial charge is 0.0802 e. The largest absolute Gasteiger partial charge is 0.388 e. The Morgan fingerprint density at radius 2 is 1.87 bits per heavy atom. The van der Waals surface area contributed by atoms with Gasteiger partial charge in [0.2, 0.25) is 0 Å². The third-order valence-corrected chi connectivity index (χ3v) is 2.57. The molecule has 1 rings (SSSR count). The molecule has 0 aliphatic rings. The summed E-state index contributed by atoms with van der Waals surface area (Å²) in [5.41, 5.74) is 1.02. The average molecular weight is 207 g/mol. The number of aliphatic hydroxyl groups is 1. The van der Waals surface area contributed by atoms with Gasteiger partial charge in [0, 0.05) is 6.54 Å². The van der Waals surface area contributed by atoms with Crippen molar-refractivity contribution < 1.29 is 5.11 Å². The van der Waals surface area contributed by atoms with Crippen LogP contribution in [0.1, 0.15) is 31.4 Å². The minimum Gasteiger partial charge on any atom is -0.388 e. The highest BCUT2D eigenvalue weighted by Gasteiger charge is 2.07. The van der Waals surface area contributed by atoms with Crippen molar-refractivity contribution in [2.45, 2.75) is 25.9 Å². The fourth-order valence-electron chi connectivity index (χ4n) is 1.68. The van der Waals surface area contributed by atoms with E-state index in [4.69, 9.17) is 0 Å². The maximum atomic E-state index is 9.91. The van der Waals surface area contributed by atoms with Crippen molar-refractivity contribution in [3.8, 4) is 0 Å². The first-order valence-corrected chi connectivity index (χ1v) is 5.65. The van der Waals surface area contributed by atoms with Gasteiger partial charge >= 0.3 is 0 Å². The Balaban J connectivity index is 2.33. The Hall–Kier alpha value is -0.860. The number of hydrogen-bond acceptors (Lipinski definition) is 2. The topological polar surface area (TPSA) is 23.5 Å². The van der Waals surface area contributed by atoms with E-state index in [1.807, 2.05) is 30.3 Å². The van der Waals surface area contributed by atoms with Crippen LogP contribution in [0.5, 0.6) is 0 Å². The van der Waals surface area contributed by atoms with Gasteiger partial charge in [-0.25, -0.2) is 0 Å². The molecule has 1 N–H and O–H groups in total. The molecule has 1 atom stereocenters. The molecule has 0 spiro atoms. The van der Waals surface area contributed by atoms with E-state index in [-0.39, 0.29) is 6.10 Å². The standard InChI is InChI=1S/C13H21NO/c1-3-10-14(2)11-9-13(15)12-7-5-4-6-8-12/h4-8,13,15H,3,9-11H2,1-2H3. The summed E-state index contributed by atoms with van der Waals surface area (Å²) in [7, 11) is 2.10. The van der Waals surface area contributed by atoms with Gasteiger partial charge in [0.15, 0.2) is 0 Å². The van der Waals surface area contributed by atoms with E-state index in [9.17, 15) is 5.11 Å². The molecule has 2 heteroatoms. The number of aliphatic hydroxyl groups excluding tert-OH is 1. The van der Waals surface area contributed by atoms with Crippen molar-refractivity contribution in [3.63, 3.8) is 0 Å². The summed E-state index contributed by atoms with van der Waals surface area (Å²) in [5, 5.41) is 9.91. The summed E-state index contributed by atoms with van der Waals surface area (Å²) in [6, 6.07) is 9.86. The Kier molecular flexibility index (Phi) is 5.37. The fraction of sp³-hybridized carbons (Fsp3) is 0.538. The zero-order chi connectivity index (χ0) is 11.1. The molecule has 0 amide bonds. The van der Waals surface area contributed by atoms with E-state index in [2.05, 4.69) is 18.9 Å². The summed E-state index contributed by atoms with van der Waals surface area (Å²) >= 11 is 0. The molecule has 0 aromatic heterocycles. The average Bonchev–Trinajstić information content (AvgIpc) is 2.27. The molecular weight excluding hydrogens is 186 g/mol. The highest BCUT2D eigenvalue weighted by molar-refractivity contribution is 5.17. The molecule has 0 saturated carbocycles. The van der Waals surface area contributed by atoms with Crippen molar-refractivity contribution in [1.29, 1.82) is 0 Å². The normalized spacial score (nSPS) is 13.1. The molecular formula is C13H21NO. The molecule has 1 aromatic carbocycles. The number of benzene rings is 1. The summed E-state index contributed by atoms with van der Waals surface area (Å²) < 4.78 is 0. The first kappa shape index (κ1) is 12.2. The minimum absolute atomic E-state index is 0.328. The molecule has 0 aliphatic heterocycles. The first-order chi connectivity index (χ1) is 7.24. The summed E-state index contributed by atoms with van der Waals surface area (Å²) in [6.45, 7) is 4.22. The quantitative estimate of drug-likeness (QED) is 0.774. The van der Waals surface area contributed by atoms with Crippen LogP contribution in [0, 0.1) is 0 Å². The van der Waals surface area contributed by atoms with Crippen LogP contribution in [0.4, 0.5) is 0 Å². The lowest BCUT2D eigenvalue weighted by atomic mass is 10.1. The molecule has 0 bridgehead atoms. The molecule has 0 aliphatic carbocycles. The van der Waals surface area contributed by atoms with Crippen LogP contribution in [0.2, 0.25) is 0 Å². The van der Waals surface area contributed by atoms with Gasteiger partial charge in [-0.3, -0.25) is 0 Å². The van der Waals surface area contributed by atoms with Crippen molar-refractivity contribution in [2.75, 3.05) is 20.1 Å². The SMILES string of the molecule is CCCN(C)CCC(O)c1ccccc1. The second-order valence-electron chi connectivity index (χ2n) is 4.02. The Labute approximate surface area is 92.5 Å². The predicted molar refractivity (Wildman–Crippen MR) is 63.8 cm³/mol. The number of hydrogen-bond donors (Lipinski definition) is 1. The third kappa shape index (κ3) is 4.45. The molecule has 0 heterocycles. The van der Waals surface area contributed by atoms with Crippen LogP contribution in [0.15, 0.2) is 30.3 Å². The van der Waals surface area contributed by atoms with Gasteiger partial charge in [-0.15, -0.1) is 0 Å². The maximum absolute atomic E-state index is 9.91. The maximum Gasteiger partial charge on any atom is 0.0802 e. The molecule has 1 aromatic rings. The van der Waals surface area contributed by atoms with Crippen LogP contribution < -0.4 is 0 Å². The Bertz CT molecular complexity index is 260. The van der Waals surface area contributed by atoms with E-state index < -0.39 is 0 Å². The Morgan fingerprint density at radius 3 is 2.47 bits per heavy atom. The van der Waals surface area contributed by atoms with E-state index in [1.54, 1.807) is 0 Å². The molecule has 84 valence electrons. The van der Waals surface area contributed by atoms with Gasteiger partial charge < -0.3 is 10.0 Å². The Morgan fingerprint density at radius 1 is 1.20 bits per heavy atom. The van der Waals surface area contributed by atoms with Gasteiger partial charge in [0.25, 0.3) is 0 Å². The third-order valence-electron chi connectivity index (χ3n) is 2.57. The highest BCUT2D eigenvalue weighted by Crippen LogP contribution is 2.15. The molecule has 1 unspecified atom stereocenters. The minimum atomic E-state index is -0.328. The van der Waals surface area contributed by atoms with Gasteiger partial charge in [-0.1, -0.05) is 37.3 Å². The monoisotopic (exact) mass is 207 g/mol. The van der Waals surface area contributed by atoms with Gasteiger partial charge in [-0.05, 0) is 32.0 Å². The van der Waals surface area contributed by atoms with Crippen molar-refractivity contribution in [2.24, 2.45) is 0 Å². The lowest BCUT2D eigenvalue weighted by Crippen LogP contribution is -2.22. The molecule has 0 saturated heterocycles. The molecule has 0 radical (unpaired) electrons. The van der Waals surface area contributed by atoms with Crippen molar-refractivity contribution >= 4 is 0 Å². The summed E-state index contributed by atoms with van der Waals surface area (Å²) in [4.78, 5) is 2.26. The van der Waals surface area contributed by atoms with Crippen LogP contribution in [0.3, 0.4) is 0 Å². The van der Waals surface area contributed by atoms with E-state index in [0.717, 1.165) is 31.5 Å². The van der Waals surface area contributed by atoms with E-state index in [1.165, 1.54) is 0 Å².